The maximum absolute atomic E-state index is 5.22. The summed E-state index contributed by atoms with van der Waals surface area (Å²) in [6.07, 6.45) is 5.00. The van der Waals surface area contributed by atoms with E-state index in [4.69, 9.17) is 12.2 Å². The molecule has 0 bridgehead atoms. The highest BCUT2D eigenvalue weighted by atomic mass is 33.1. The number of hydrogen-bond donors (Lipinski definition) is 1. The van der Waals surface area contributed by atoms with E-state index in [2.05, 4.69) is 5.92 Å². The van der Waals surface area contributed by atoms with Gasteiger partial charge in [0.1, 0.15) is 0 Å². The van der Waals surface area contributed by atoms with Crippen LogP contribution in [0.4, 0.5) is 0 Å². The molecule has 0 amide bonds. The summed E-state index contributed by atoms with van der Waals surface area (Å²) < 4.78 is 0. The van der Waals surface area contributed by atoms with Gasteiger partial charge in [-0.25, -0.2) is 0 Å². The van der Waals surface area contributed by atoms with E-state index in [-0.39, 0.29) is 0 Å². The molecule has 0 saturated heterocycles. The smallest absolute Gasteiger partial charge is 0.0648 e. The molecule has 0 unspecified atom stereocenters. The molecule has 0 aliphatic rings. The molecule has 0 saturated carbocycles. The highest BCUT2D eigenvalue weighted by molar-refractivity contribution is 8.76. The van der Waals surface area contributed by atoms with Crippen molar-refractivity contribution in [1.29, 1.82) is 0 Å². The number of nitrogens with two attached hydrogens (primary N) is 1. The fourth-order valence-electron chi connectivity index (χ4n) is 0.183. The molecule has 0 heterocycles. The fraction of sp³-hybridized carbons (Fsp3) is 0.600. The molecular formula is C5H9NS2. The van der Waals surface area contributed by atoms with E-state index in [0.717, 1.165) is 18.1 Å². The summed E-state index contributed by atoms with van der Waals surface area (Å²) in [5.41, 5.74) is 5.22. The SMILES string of the molecule is C#CCSSCCN. The van der Waals surface area contributed by atoms with Crippen LogP contribution in [0.25, 0.3) is 0 Å². The first kappa shape index (κ1) is 8.22. The lowest BCUT2D eigenvalue weighted by Crippen LogP contribution is -1.99. The minimum absolute atomic E-state index is 0.738. The van der Waals surface area contributed by atoms with Gasteiger partial charge in [0.05, 0.1) is 5.75 Å². The number of rotatable bonds is 4. The van der Waals surface area contributed by atoms with Gasteiger partial charge in [-0.15, -0.1) is 6.42 Å². The maximum atomic E-state index is 5.22. The summed E-state index contributed by atoms with van der Waals surface area (Å²) >= 11 is 0. The molecule has 0 rings (SSSR count). The Balaban J connectivity index is 2.65. The van der Waals surface area contributed by atoms with Gasteiger partial charge in [0, 0.05) is 12.3 Å². The first-order valence-electron chi connectivity index (χ1n) is 2.29. The van der Waals surface area contributed by atoms with Gasteiger partial charge in [-0.1, -0.05) is 27.5 Å². The molecule has 2 N–H and O–H groups in total. The highest BCUT2D eigenvalue weighted by Crippen LogP contribution is 2.18. The van der Waals surface area contributed by atoms with Gasteiger partial charge in [0.2, 0.25) is 0 Å². The summed E-state index contributed by atoms with van der Waals surface area (Å²) in [5, 5.41) is 0. The molecule has 46 valence electrons. The van der Waals surface area contributed by atoms with Gasteiger partial charge >= 0.3 is 0 Å². The first-order valence-corrected chi connectivity index (χ1v) is 4.78. The summed E-state index contributed by atoms with van der Waals surface area (Å²) in [4.78, 5) is 0. The zero-order chi connectivity index (χ0) is 6.24. The van der Waals surface area contributed by atoms with Crippen molar-refractivity contribution in [3.05, 3.63) is 0 Å². The fourth-order valence-corrected chi connectivity index (χ4v) is 1.64. The zero-order valence-electron chi connectivity index (χ0n) is 4.59. The van der Waals surface area contributed by atoms with Crippen molar-refractivity contribution in [3.63, 3.8) is 0 Å². The Morgan fingerprint density at radius 3 is 2.75 bits per heavy atom. The van der Waals surface area contributed by atoms with Crippen LogP contribution < -0.4 is 5.73 Å². The van der Waals surface area contributed by atoms with Crippen LogP contribution in [0.2, 0.25) is 0 Å². The molecular weight excluding hydrogens is 138 g/mol. The standard InChI is InChI=1S/C5H9NS2/c1-2-4-7-8-5-3-6/h1H,3-6H2. The van der Waals surface area contributed by atoms with Crippen LogP contribution in [-0.4, -0.2) is 18.1 Å². The van der Waals surface area contributed by atoms with Crippen molar-refractivity contribution in [2.75, 3.05) is 18.1 Å². The van der Waals surface area contributed by atoms with E-state index in [9.17, 15) is 0 Å². The van der Waals surface area contributed by atoms with Crippen LogP contribution in [-0.2, 0) is 0 Å². The van der Waals surface area contributed by atoms with Crippen molar-refractivity contribution >= 4 is 21.6 Å². The topological polar surface area (TPSA) is 26.0 Å². The van der Waals surface area contributed by atoms with Gasteiger partial charge in [-0.2, -0.15) is 0 Å². The van der Waals surface area contributed by atoms with Gasteiger partial charge in [0.15, 0.2) is 0 Å². The van der Waals surface area contributed by atoms with Gasteiger partial charge in [-0.3, -0.25) is 0 Å². The van der Waals surface area contributed by atoms with Gasteiger partial charge in [-0.05, 0) is 0 Å². The Morgan fingerprint density at radius 1 is 1.50 bits per heavy atom. The van der Waals surface area contributed by atoms with Crippen LogP contribution in [0.3, 0.4) is 0 Å². The van der Waals surface area contributed by atoms with Crippen LogP contribution in [0.1, 0.15) is 0 Å². The lowest BCUT2D eigenvalue weighted by molar-refractivity contribution is 1.16. The predicted octanol–water partition coefficient (Wildman–Crippen LogP) is 0.960. The molecule has 1 nitrogen and oxygen atoms in total. The van der Waals surface area contributed by atoms with Crippen LogP contribution >= 0.6 is 21.6 Å². The molecule has 0 aliphatic carbocycles. The average molecular weight is 147 g/mol. The molecule has 0 fully saturated rings. The van der Waals surface area contributed by atoms with Crippen molar-refractivity contribution in [2.45, 2.75) is 0 Å². The van der Waals surface area contributed by atoms with E-state index in [1.165, 1.54) is 0 Å². The van der Waals surface area contributed by atoms with Crippen molar-refractivity contribution in [2.24, 2.45) is 5.73 Å². The van der Waals surface area contributed by atoms with Crippen molar-refractivity contribution in [1.82, 2.24) is 0 Å². The predicted molar refractivity (Wildman–Crippen MR) is 42.8 cm³/mol. The van der Waals surface area contributed by atoms with E-state index >= 15 is 0 Å². The molecule has 0 atom stereocenters. The van der Waals surface area contributed by atoms with E-state index in [1.54, 1.807) is 21.6 Å². The second-order valence-electron chi connectivity index (χ2n) is 1.08. The third-order valence-corrected chi connectivity index (χ3v) is 2.63. The second kappa shape index (κ2) is 7.22. The lowest BCUT2D eigenvalue weighted by Gasteiger charge is -1.90. The lowest BCUT2D eigenvalue weighted by atomic mass is 10.8. The Labute approximate surface area is 58.2 Å². The molecule has 8 heavy (non-hydrogen) atoms. The summed E-state index contributed by atoms with van der Waals surface area (Å²) in [7, 11) is 3.41. The van der Waals surface area contributed by atoms with Crippen LogP contribution in [0.15, 0.2) is 0 Å². The molecule has 0 aromatic carbocycles. The first-order chi connectivity index (χ1) is 3.91. The van der Waals surface area contributed by atoms with Crippen LogP contribution in [0, 0.1) is 12.3 Å². The molecule has 0 spiro atoms. The second-order valence-corrected chi connectivity index (χ2v) is 3.66. The zero-order valence-corrected chi connectivity index (χ0v) is 6.23. The Kier molecular flexibility index (Phi) is 7.42. The minimum Gasteiger partial charge on any atom is -0.330 e. The highest BCUT2D eigenvalue weighted by Gasteiger charge is 1.82. The van der Waals surface area contributed by atoms with E-state index in [1.807, 2.05) is 0 Å². The Bertz CT molecular complexity index is 77.0. The van der Waals surface area contributed by atoms with Crippen molar-refractivity contribution in [3.8, 4) is 12.3 Å². The largest absolute Gasteiger partial charge is 0.330 e. The van der Waals surface area contributed by atoms with E-state index in [0.29, 0.717) is 0 Å². The van der Waals surface area contributed by atoms with Gasteiger partial charge in [0.25, 0.3) is 0 Å². The Hall–Kier alpha value is 0.220. The minimum atomic E-state index is 0.738. The van der Waals surface area contributed by atoms with E-state index < -0.39 is 0 Å². The summed E-state index contributed by atoms with van der Waals surface area (Å²) in [5.74, 6) is 4.30. The number of terminal acetylenes is 1. The third-order valence-electron chi connectivity index (χ3n) is 0.427. The molecule has 0 radical (unpaired) electrons. The quantitative estimate of drug-likeness (QED) is 0.364. The monoisotopic (exact) mass is 147 g/mol. The molecule has 3 heteroatoms. The number of hydrogen-bond acceptors (Lipinski definition) is 3. The normalized spacial score (nSPS) is 8.50. The van der Waals surface area contributed by atoms with Crippen LogP contribution in [0.5, 0.6) is 0 Å². The van der Waals surface area contributed by atoms with Gasteiger partial charge < -0.3 is 5.73 Å². The molecule has 0 aliphatic heterocycles. The third kappa shape index (κ3) is 6.22. The summed E-state index contributed by atoms with van der Waals surface area (Å²) in [6.45, 7) is 0.738. The molecule has 0 aromatic heterocycles. The Morgan fingerprint density at radius 2 is 2.25 bits per heavy atom. The average Bonchev–Trinajstić information content (AvgIpc) is 1.81. The molecule has 0 aromatic rings. The summed E-state index contributed by atoms with van der Waals surface area (Å²) in [6, 6.07) is 0. The maximum Gasteiger partial charge on any atom is 0.0648 e. The van der Waals surface area contributed by atoms with Crippen molar-refractivity contribution < 1.29 is 0 Å².